The van der Waals surface area contributed by atoms with E-state index in [0.29, 0.717) is 0 Å². The first-order valence-corrected chi connectivity index (χ1v) is 7.26. The predicted molar refractivity (Wildman–Crippen MR) is 76.1 cm³/mol. The molecule has 0 spiro atoms. The lowest BCUT2D eigenvalue weighted by Crippen LogP contribution is -2.45. The van der Waals surface area contributed by atoms with Gasteiger partial charge in [0, 0.05) is 26.7 Å². The van der Waals surface area contributed by atoms with Crippen LogP contribution in [0, 0.1) is 0 Å². The summed E-state index contributed by atoms with van der Waals surface area (Å²) in [6.07, 6.45) is 2.26. The molecule has 1 fully saturated rings. The van der Waals surface area contributed by atoms with E-state index >= 15 is 0 Å². The van der Waals surface area contributed by atoms with Crippen LogP contribution in [-0.2, 0) is 11.3 Å². The normalized spacial score (nSPS) is 24.2. The summed E-state index contributed by atoms with van der Waals surface area (Å²) in [5.41, 5.74) is 1.24. The summed E-state index contributed by atoms with van der Waals surface area (Å²) in [4.78, 5) is 4.22. The van der Waals surface area contributed by atoms with E-state index in [1.54, 1.807) is 18.4 Å². The Hall–Kier alpha value is -1.07. The second-order valence-corrected chi connectivity index (χ2v) is 5.59. The van der Waals surface area contributed by atoms with Crippen molar-refractivity contribution < 1.29 is 4.74 Å². The first-order chi connectivity index (χ1) is 8.72. The topological polar surface area (TPSA) is 45.7 Å². The number of nitrogens with one attached hydrogen (secondary N) is 2. The van der Waals surface area contributed by atoms with E-state index < -0.39 is 0 Å². The van der Waals surface area contributed by atoms with Crippen LogP contribution in [0.4, 0.5) is 0 Å². The molecular formula is C13H21N3OS. The molecule has 2 N–H and O–H groups in total. The second-order valence-electron chi connectivity index (χ2n) is 4.81. The van der Waals surface area contributed by atoms with Gasteiger partial charge in [-0.1, -0.05) is 0 Å². The molecule has 1 aliphatic heterocycles. The molecule has 2 rings (SSSR count). The summed E-state index contributed by atoms with van der Waals surface area (Å²) in [5.74, 6) is 0.831. The minimum atomic E-state index is -0.0417. The van der Waals surface area contributed by atoms with Gasteiger partial charge in [-0.2, -0.15) is 11.3 Å². The number of aliphatic imine (C=N–C) groups is 1. The number of hydrogen-bond donors (Lipinski definition) is 2. The Morgan fingerprint density at radius 2 is 2.44 bits per heavy atom. The van der Waals surface area contributed by atoms with E-state index in [1.165, 1.54) is 5.56 Å². The Balaban J connectivity index is 1.75. The highest BCUT2D eigenvalue weighted by atomic mass is 32.1. The van der Waals surface area contributed by atoms with Crippen molar-refractivity contribution >= 4 is 17.3 Å². The Kier molecular flexibility index (Phi) is 4.60. The van der Waals surface area contributed by atoms with E-state index in [9.17, 15) is 0 Å². The molecule has 1 aromatic rings. The minimum Gasteiger partial charge on any atom is -0.373 e. The van der Waals surface area contributed by atoms with Gasteiger partial charge in [-0.15, -0.1) is 0 Å². The highest BCUT2D eigenvalue weighted by Gasteiger charge is 2.29. The quantitative estimate of drug-likeness (QED) is 0.648. The summed E-state index contributed by atoms with van der Waals surface area (Å²) >= 11 is 1.71. The number of rotatable bonds is 4. The zero-order valence-electron chi connectivity index (χ0n) is 11.0. The smallest absolute Gasteiger partial charge is 0.191 e. The molecule has 0 saturated carbocycles. The fraction of sp³-hybridized carbons (Fsp3) is 0.615. The summed E-state index contributed by atoms with van der Waals surface area (Å²) in [6.45, 7) is 4.63. The number of hydrogen-bond acceptors (Lipinski definition) is 3. The predicted octanol–water partition coefficient (Wildman–Crippen LogP) is 1.98. The Labute approximate surface area is 112 Å². The number of ether oxygens (including phenoxy) is 1. The van der Waals surface area contributed by atoms with Crippen molar-refractivity contribution in [3.63, 3.8) is 0 Å². The second kappa shape index (κ2) is 6.20. The summed E-state index contributed by atoms with van der Waals surface area (Å²) in [6, 6.07) is 2.12. The first kappa shape index (κ1) is 13.4. The molecule has 0 aromatic carbocycles. The molecule has 5 heteroatoms. The fourth-order valence-electron chi connectivity index (χ4n) is 2.05. The van der Waals surface area contributed by atoms with Crippen molar-refractivity contribution in [1.29, 1.82) is 0 Å². The van der Waals surface area contributed by atoms with Crippen molar-refractivity contribution in [3.05, 3.63) is 22.4 Å². The molecule has 0 aliphatic carbocycles. The van der Waals surface area contributed by atoms with Crippen LogP contribution in [0.3, 0.4) is 0 Å². The van der Waals surface area contributed by atoms with E-state index in [2.05, 4.69) is 39.4 Å². The van der Waals surface area contributed by atoms with E-state index in [4.69, 9.17) is 4.74 Å². The van der Waals surface area contributed by atoms with Crippen LogP contribution >= 0.6 is 11.3 Å². The third-order valence-electron chi connectivity index (χ3n) is 3.19. The summed E-state index contributed by atoms with van der Waals surface area (Å²) in [5, 5.41) is 10.9. The molecule has 0 amide bonds. The Morgan fingerprint density at radius 3 is 3.06 bits per heavy atom. The Bertz CT molecular complexity index is 383. The molecule has 4 nitrogen and oxygen atoms in total. The van der Waals surface area contributed by atoms with Gasteiger partial charge in [-0.25, -0.2) is 0 Å². The fourth-order valence-corrected chi connectivity index (χ4v) is 2.72. The molecule has 1 atom stereocenters. The van der Waals surface area contributed by atoms with Crippen LogP contribution in [0.1, 0.15) is 25.3 Å². The highest BCUT2D eigenvalue weighted by Crippen LogP contribution is 2.23. The van der Waals surface area contributed by atoms with Gasteiger partial charge in [0.05, 0.1) is 5.60 Å². The lowest BCUT2D eigenvalue weighted by molar-refractivity contribution is 0.0243. The van der Waals surface area contributed by atoms with Crippen LogP contribution in [0.5, 0.6) is 0 Å². The van der Waals surface area contributed by atoms with Crippen molar-refractivity contribution in [1.82, 2.24) is 10.6 Å². The maximum Gasteiger partial charge on any atom is 0.191 e. The third kappa shape index (κ3) is 3.71. The van der Waals surface area contributed by atoms with Gasteiger partial charge in [0.1, 0.15) is 0 Å². The van der Waals surface area contributed by atoms with Crippen molar-refractivity contribution in [3.8, 4) is 0 Å². The highest BCUT2D eigenvalue weighted by molar-refractivity contribution is 7.07. The van der Waals surface area contributed by atoms with Gasteiger partial charge in [0.15, 0.2) is 5.96 Å². The summed E-state index contributed by atoms with van der Waals surface area (Å²) in [7, 11) is 1.79. The van der Waals surface area contributed by atoms with E-state index in [-0.39, 0.29) is 5.60 Å². The average Bonchev–Trinajstić information content (AvgIpc) is 3.01. The van der Waals surface area contributed by atoms with Crippen LogP contribution in [0.15, 0.2) is 21.8 Å². The molecule has 1 unspecified atom stereocenters. The number of thiophene rings is 1. The van der Waals surface area contributed by atoms with Crippen LogP contribution in [0.25, 0.3) is 0 Å². The van der Waals surface area contributed by atoms with Gasteiger partial charge in [0.2, 0.25) is 0 Å². The average molecular weight is 267 g/mol. The molecule has 2 heterocycles. The molecule has 100 valence electrons. The maximum absolute atomic E-state index is 5.74. The zero-order valence-corrected chi connectivity index (χ0v) is 11.8. The van der Waals surface area contributed by atoms with E-state index in [0.717, 1.165) is 38.5 Å². The van der Waals surface area contributed by atoms with Gasteiger partial charge < -0.3 is 15.4 Å². The van der Waals surface area contributed by atoms with Gasteiger partial charge in [0.25, 0.3) is 0 Å². The van der Waals surface area contributed by atoms with Crippen molar-refractivity contribution in [2.45, 2.75) is 31.9 Å². The largest absolute Gasteiger partial charge is 0.373 e. The number of guanidine groups is 1. The Morgan fingerprint density at radius 1 is 1.56 bits per heavy atom. The van der Waals surface area contributed by atoms with Gasteiger partial charge >= 0.3 is 0 Å². The van der Waals surface area contributed by atoms with Crippen LogP contribution in [-0.4, -0.2) is 31.8 Å². The minimum absolute atomic E-state index is 0.0417. The third-order valence-corrected chi connectivity index (χ3v) is 3.93. The molecule has 1 aromatic heterocycles. The lowest BCUT2D eigenvalue weighted by atomic mass is 10.0. The molecular weight excluding hydrogens is 246 g/mol. The molecule has 18 heavy (non-hydrogen) atoms. The number of nitrogens with zero attached hydrogens (tertiary/aromatic N) is 1. The maximum atomic E-state index is 5.74. The molecule has 1 aliphatic rings. The van der Waals surface area contributed by atoms with Crippen LogP contribution < -0.4 is 10.6 Å². The molecule has 1 saturated heterocycles. The SMILES string of the molecule is CN=C(NCc1ccsc1)NCC1(C)CCCO1. The van der Waals surface area contributed by atoms with Crippen molar-refractivity contribution in [2.75, 3.05) is 20.2 Å². The monoisotopic (exact) mass is 267 g/mol. The molecule has 0 radical (unpaired) electrons. The first-order valence-electron chi connectivity index (χ1n) is 6.31. The van der Waals surface area contributed by atoms with Gasteiger partial charge in [-0.3, -0.25) is 4.99 Å². The molecule has 0 bridgehead atoms. The van der Waals surface area contributed by atoms with Crippen molar-refractivity contribution in [2.24, 2.45) is 4.99 Å². The zero-order chi connectivity index (χ0) is 12.8. The van der Waals surface area contributed by atoms with Crippen LogP contribution in [0.2, 0.25) is 0 Å². The lowest BCUT2D eigenvalue weighted by Gasteiger charge is -2.24. The standard InChI is InChI=1S/C13H21N3OS/c1-13(5-3-6-17-13)10-16-12(14-2)15-8-11-4-7-18-9-11/h4,7,9H,3,5-6,8,10H2,1-2H3,(H2,14,15,16). The van der Waals surface area contributed by atoms with Gasteiger partial charge in [-0.05, 0) is 42.2 Å². The van der Waals surface area contributed by atoms with E-state index in [1.807, 2.05) is 0 Å². The summed E-state index contributed by atoms with van der Waals surface area (Å²) < 4.78 is 5.74.